The Hall–Kier alpha value is 0.0600. The third kappa shape index (κ3) is 2.27. The van der Waals surface area contributed by atoms with E-state index in [1.54, 1.807) is 22.6 Å². The molecule has 12 heavy (non-hydrogen) atoms. The van der Waals surface area contributed by atoms with E-state index in [0.29, 0.717) is 0 Å². The van der Waals surface area contributed by atoms with Gasteiger partial charge in [-0.3, -0.25) is 0 Å². The lowest BCUT2D eigenvalue weighted by Gasteiger charge is -2.00. The van der Waals surface area contributed by atoms with Gasteiger partial charge >= 0.3 is 0 Å². The maximum Gasteiger partial charge on any atom is 0.172 e. The Kier molecular flexibility index (Phi) is 4.96. The molecule has 0 saturated heterocycles. The van der Waals surface area contributed by atoms with Gasteiger partial charge in [0.05, 0.1) is 3.57 Å². The number of halogens is 4. The normalized spacial score (nSPS) is 9.33. The maximum atomic E-state index is 12.8. The third-order valence-electron chi connectivity index (χ3n) is 1.34. The number of hydrogen-bond acceptors (Lipinski definition) is 1. The average molecular weight is 305 g/mol. The molecule has 2 N–H and O–H groups in total. The van der Waals surface area contributed by atoms with Gasteiger partial charge in [0.15, 0.2) is 11.6 Å². The van der Waals surface area contributed by atoms with Gasteiger partial charge in [0.2, 0.25) is 0 Å². The van der Waals surface area contributed by atoms with Crippen molar-refractivity contribution in [2.45, 2.75) is 6.54 Å². The quantitative estimate of drug-likeness (QED) is 0.626. The zero-order valence-electron chi connectivity index (χ0n) is 5.98. The van der Waals surface area contributed by atoms with Gasteiger partial charge in [-0.2, -0.15) is 0 Å². The van der Waals surface area contributed by atoms with Gasteiger partial charge in [0.1, 0.15) is 0 Å². The molecule has 5 heteroatoms. The molecule has 0 fully saturated rings. The first-order valence-corrected chi connectivity index (χ1v) is 4.07. The van der Waals surface area contributed by atoms with Crippen molar-refractivity contribution in [3.63, 3.8) is 0 Å². The van der Waals surface area contributed by atoms with Gasteiger partial charge in [-0.25, -0.2) is 8.78 Å². The van der Waals surface area contributed by atoms with E-state index in [4.69, 9.17) is 5.73 Å². The zero-order chi connectivity index (χ0) is 8.43. The Balaban J connectivity index is 0.00000121. The highest BCUT2D eigenvalue weighted by atomic mass is 127. The van der Waals surface area contributed by atoms with Gasteiger partial charge in [-0.15, -0.1) is 12.4 Å². The molecule has 0 saturated carbocycles. The summed E-state index contributed by atoms with van der Waals surface area (Å²) in [5.74, 6) is -1.65. The molecule has 1 nitrogen and oxygen atoms in total. The molecule has 0 aliphatic rings. The second kappa shape index (κ2) is 4.94. The van der Waals surface area contributed by atoms with Crippen molar-refractivity contribution >= 4 is 35.0 Å². The number of benzene rings is 1. The molecule has 0 aliphatic heterocycles. The lowest BCUT2D eigenvalue weighted by Crippen LogP contribution is -2.02. The predicted octanol–water partition coefficient (Wildman–Crippen LogP) is 2.45. The summed E-state index contributed by atoms with van der Waals surface area (Å²) in [4.78, 5) is 0. The van der Waals surface area contributed by atoms with E-state index < -0.39 is 11.6 Å². The molecule has 0 radical (unpaired) electrons. The third-order valence-corrected chi connectivity index (χ3v) is 2.17. The topological polar surface area (TPSA) is 26.0 Å². The molecule has 0 atom stereocenters. The summed E-state index contributed by atoms with van der Waals surface area (Å²) in [6, 6.07) is 2.99. The van der Waals surface area contributed by atoms with Crippen LogP contribution in [0.5, 0.6) is 0 Å². The van der Waals surface area contributed by atoms with Crippen molar-refractivity contribution in [2.75, 3.05) is 0 Å². The monoisotopic (exact) mass is 305 g/mol. The minimum absolute atomic E-state index is 0. The van der Waals surface area contributed by atoms with Crippen LogP contribution in [0.4, 0.5) is 8.78 Å². The van der Waals surface area contributed by atoms with Crippen molar-refractivity contribution in [3.8, 4) is 0 Å². The molecule has 0 aliphatic carbocycles. The molecule has 0 bridgehead atoms. The Bertz CT molecular complexity index is 280. The van der Waals surface area contributed by atoms with E-state index in [1.807, 2.05) is 0 Å². The maximum absolute atomic E-state index is 12.8. The predicted molar refractivity (Wildman–Crippen MR) is 54.2 cm³/mol. The summed E-state index contributed by atoms with van der Waals surface area (Å²) < 4.78 is 25.8. The number of rotatable bonds is 1. The van der Waals surface area contributed by atoms with E-state index >= 15 is 0 Å². The fourth-order valence-corrected chi connectivity index (χ4v) is 1.14. The lowest BCUT2D eigenvalue weighted by molar-refractivity contribution is 0.494. The number of hydrogen-bond donors (Lipinski definition) is 1. The molecular weight excluding hydrogens is 298 g/mol. The molecule has 0 aromatic heterocycles. The van der Waals surface area contributed by atoms with Crippen molar-refractivity contribution in [2.24, 2.45) is 5.73 Å². The first kappa shape index (κ1) is 12.1. The molecule has 1 aromatic rings. The first-order chi connectivity index (χ1) is 5.16. The Morgan fingerprint density at radius 3 is 2.33 bits per heavy atom. The van der Waals surface area contributed by atoms with Crippen LogP contribution in [0.25, 0.3) is 0 Å². The van der Waals surface area contributed by atoms with Crippen LogP contribution in [0.1, 0.15) is 5.56 Å². The van der Waals surface area contributed by atoms with Crippen molar-refractivity contribution in [1.82, 2.24) is 0 Å². The van der Waals surface area contributed by atoms with Gasteiger partial charge < -0.3 is 5.73 Å². The van der Waals surface area contributed by atoms with Gasteiger partial charge in [-0.05, 0) is 28.7 Å². The highest BCUT2D eigenvalue weighted by Crippen LogP contribution is 2.17. The second-order valence-electron chi connectivity index (χ2n) is 2.04. The van der Waals surface area contributed by atoms with E-state index in [1.165, 1.54) is 12.1 Å². The highest BCUT2D eigenvalue weighted by molar-refractivity contribution is 14.1. The van der Waals surface area contributed by atoms with E-state index in [9.17, 15) is 8.78 Å². The summed E-state index contributed by atoms with van der Waals surface area (Å²) in [7, 11) is 0. The highest BCUT2D eigenvalue weighted by Gasteiger charge is 2.09. The summed E-state index contributed by atoms with van der Waals surface area (Å²) in [6.07, 6.45) is 0. The largest absolute Gasteiger partial charge is 0.326 e. The molecule has 1 rings (SSSR count). The molecule has 0 amide bonds. The van der Waals surface area contributed by atoms with Crippen LogP contribution in [-0.4, -0.2) is 0 Å². The van der Waals surface area contributed by atoms with Gasteiger partial charge in [-0.1, -0.05) is 6.07 Å². The summed E-state index contributed by atoms with van der Waals surface area (Å²) in [6.45, 7) is 0.0275. The lowest BCUT2D eigenvalue weighted by atomic mass is 10.2. The van der Waals surface area contributed by atoms with Crippen molar-refractivity contribution < 1.29 is 8.78 Å². The SMILES string of the molecule is Cl.NCc1ccc(I)c(F)c1F. The zero-order valence-corrected chi connectivity index (χ0v) is 8.96. The first-order valence-electron chi connectivity index (χ1n) is 2.99. The van der Waals surface area contributed by atoms with Crippen LogP contribution in [0, 0.1) is 15.2 Å². The molecule has 0 spiro atoms. The smallest absolute Gasteiger partial charge is 0.172 e. The van der Waals surface area contributed by atoms with Crippen LogP contribution >= 0.6 is 35.0 Å². The van der Waals surface area contributed by atoms with Gasteiger partial charge in [0, 0.05) is 12.1 Å². The van der Waals surface area contributed by atoms with Crippen LogP contribution in [-0.2, 0) is 6.54 Å². The minimum Gasteiger partial charge on any atom is -0.326 e. The Morgan fingerprint density at radius 1 is 1.25 bits per heavy atom. The standard InChI is InChI=1S/C7H6F2IN.ClH/c8-6-4(3-11)1-2-5(10)7(6)9;/h1-2H,3,11H2;1H. The second-order valence-corrected chi connectivity index (χ2v) is 3.20. The van der Waals surface area contributed by atoms with E-state index in [2.05, 4.69) is 0 Å². The van der Waals surface area contributed by atoms with Crippen LogP contribution in [0.3, 0.4) is 0 Å². The van der Waals surface area contributed by atoms with Gasteiger partial charge in [0.25, 0.3) is 0 Å². The summed E-state index contributed by atoms with van der Waals surface area (Å²) in [5.41, 5.74) is 5.37. The fourth-order valence-electron chi connectivity index (χ4n) is 0.724. The molecule has 1 aromatic carbocycles. The van der Waals surface area contributed by atoms with E-state index in [-0.39, 0.29) is 28.1 Å². The Labute approximate surface area is 88.9 Å². The molecule has 68 valence electrons. The van der Waals surface area contributed by atoms with Crippen molar-refractivity contribution in [3.05, 3.63) is 32.9 Å². The summed E-state index contributed by atoms with van der Waals surface area (Å²) >= 11 is 1.73. The van der Waals surface area contributed by atoms with Crippen LogP contribution in [0.2, 0.25) is 0 Å². The van der Waals surface area contributed by atoms with Crippen LogP contribution < -0.4 is 5.73 Å². The van der Waals surface area contributed by atoms with Crippen molar-refractivity contribution in [1.29, 1.82) is 0 Å². The molecule has 0 unspecified atom stereocenters. The Morgan fingerprint density at radius 2 is 1.83 bits per heavy atom. The van der Waals surface area contributed by atoms with E-state index in [0.717, 1.165) is 0 Å². The molecule has 0 heterocycles. The fraction of sp³-hybridized carbons (Fsp3) is 0.143. The van der Waals surface area contributed by atoms with Crippen LogP contribution in [0.15, 0.2) is 12.1 Å². The molecular formula is C7H7ClF2IN. The number of nitrogens with two attached hydrogens (primary N) is 1. The minimum atomic E-state index is -0.834. The average Bonchev–Trinajstić information content (AvgIpc) is 2.01. The summed E-state index contributed by atoms with van der Waals surface area (Å²) in [5, 5.41) is 0.